The molecule has 1 aliphatic heterocycles. The second-order valence-corrected chi connectivity index (χ2v) is 6.01. The number of carbonyl (C=O) groups excluding carboxylic acids is 1. The largest absolute Gasteiger partial charge is 0.497 e. The summed E-state index contributed by atoms with van der Waals surface area (Å²) in [5, 5.41) is 0. The number of aromatic nitrogens is 1. The van der Waals surface area contributed by atoms with Crippen LogP contribution in [-0.4, -0.2) is 54.9 Å². The Morgan fingerprint density at radius 1 is 1.24 bits per heavy atom. The molecule has 0 unspecified atom stereocenters. The fourth-order valence-electron chi connectivity index (χ4n) is 2.14. The Hall–Kier alpha value is -1.98. The number of amides is 1. The molecule has 116 valence electrons. The highest BCUT2D eigenvalue weighted by Gasteiger charge is 2.26. The average Bonchev–Trinajstić information content (AvgIpc) is 2.46. The molecule has 21 heavy (non-hydrogen) atoms. The van der Waals surface area contributed by atoms with Gasteiger partial charge in [0.05, 0.1) is 7.11 Å². The van der Waals surface area contributed by atoms with E-state index in [-0.39, 0.29) is 6.09 Å². The van der Waals surface area contributed by atoms with Crippen molar-refractivity contribution in [3.63, 3.8) is 0 Å². The van der Waals surface area contributed by atoms with E-state index in [0.29, 0.717) is 13.1 Å². The number of anilines is 1. The molecule has 1 fully saturated rings. The van der Waals surface area contributed by atoms with E-state index in [4.69, 9.17) is 9.47 Å². The van der Waals surface area contributed by atoms with E-state index in [2.05, 4.69) is 9.88 Å². The number of hydrogen-bond donors (Lipinski definition) is 0. The van der Waals surface area contributed by atoms with E-state index in [1.54, 1.807) is 18.2 Å². The zero-order valence-corrected chi connectivity index (χ0v) is 13.1. The fraction of sp³-hybridized carbons (Fsp3) is 0.600. The van der Waals surface area contributed by atoms with Crippen molar-refractivity contribution in [2.75, 3.05) is 38.2 Å². The number of piperazine rings is 1. The molecule has 1 aromatic heterocycles. The van der Waals surface area contributed by atoms with Gasteiger partial charge >= 0.3 is 6.09 Å². The summed E-state index contributed by atoms with van der Waals surface area (Å²) in [6.45, 7) is 8.37. The first-order valence-corrected chi connectivity index (χ1v) is 7.12. The molecule has 1 aliphatic rings. The maximum Gasteiger partial charge on any atom is 0.410 e. The Labute approximate surface area is 125 Å². The predicted molar refractivity (Wildman–Crippen MR) is 80.8 cm³/mol. The molecule has 6 nitrogen and oxygen atoms in total. The predicted octanol–water partition coefficient (Wildman–Crippen LogP) is 2.15. The normalized spacial score (nSPS) is 15.8. The summed E-state index contributed by atoms with van der Waals surface area (Å²) in [7, 11) is 1.64. The van der Waals surface area contributed by atoms with Crippen LogP contribution >= 0.6 is 0 Å². The Balaban J connectivity index is 1.92. The van der Waals surface area contributed by atoms with E-state index in [0.717, 1.165) is 24.7 Å². The zero-order valence-electron chi connectivity index (χ0n) is 13.1. The van der Waals surface area contributed by atoms with Crippen LogP contribution in [0.2, 0.25) is 0 Å². The maximum atomic E-state index is 12.0. The van der Waals surface area contributed by atoms with Crippen LogP contribution in [0.4, 0.5) is 10.6 Å². The zero-order chi connectivity index (χ0) is 15.5. The topological polar surface area (TPSA) is 54.9 Å². The van der Waals surface area contributed by atoms with Gasteiger partial charge < -0.3 is 19.3 Å². The van der Waals surface area contributed by atoms with Crippen LogP contribution in [0.15, 0.2) is 18.3 Å². The lowest BCUT2D eigenvalue weighted by atomic mass is 10.2. The Morgan fingerprint density at radius 3 is 2.48 bits per heavy atom. The summed E-state index contributed by atoms with van der Waals surface area (Å²) >= 11 is 0. The number of pyridine rings is 1. The molecule has 1 saturated heterocycles. The molecule has 0 aliphatic carbocycles. The highest BCUT2D eigenvalue weighted by atomic mass is 16.6. The fourth-order valence-corrected chi connectivity index (χ4v) is 2.14. The van der Waals surface area contributed by atoms with Crippen molar-refractivity contribution in [2.24, 2.45) is 0 Å². The lowest BCUT2D eigenvalue weighted by molar-refractivity contribution is 0.0240. The van der Waals surface area contributed by atoms with Crippen molar-refractivity contribution < 1.29 is 14.3 Å². The molecule has 1 amide bonds. The van der Waals surface area contributed by atoms with Crippen molar-refractivity contribution >= 4 is 11.9 Å². The summed E-state index contributed by atoms with van der Waals surface area (Å²) in [5.74, 6) is 1.66. The van der Waals surface area contributed by atoms with Crippen molar-refractivity contribution in [3.8, 4) is 5.75 Å². The monoisotopic (exact) mass is 293 g/mol. The van der Waals surface area contributed by atoms with Gasteiger partial charge in [-0.1, -0.05) is 0 Å². The van der Waals surface area contributed by atoms with Gasteiger partial charge in [0, 0.05) is 38.4 Å². The van der Waals surface area contributed by atoms with Crippen LogP contribution in [0, 0.1) is 0 Å². The van der Waals surface area contributed by atoms with Crippen molar-refractivity contribution in [1.82, 2.24) is 9.88 Å². The van der Waals surface area contributed by atoms with Gasteiger partial charge in [-0.3, -0.25) is 0 Å². The summed E-state index contributed by atoms with van der Waals surface area (Å²) < 4.78 is 10.6. The van der Waals surface area contributed by atoms with Crippen LogP contribution in [0.1, 0.15) is 20.8 Å². The maximum absolute atomic E-state index is 12.0. The standard InChI is InChI=1S/C15H23N3O3/c1-15(2,3)21-14(19)18-9-7-17(8-10-18)13-11-12(20-4)5-6-16-13/h5-6,11H,7-10H2,1-4H3. The summed E-state index contributed by atoms with van der Waals surface area (Å²) in [6, 6.07) is 3.73. The molecule has 0 radical (unpaired) electrons. The third kappa shape index (κ3) is 4.24. The minimum Gasteiger partial charge on any atom is -0.497 e. The average molecular weight is 293 g/mol. The van der Waals surface area contributed by atoms with Gasteiger partial charge in [0.2, 0.25) is 0 Å². The molecule has 0 atom stereocenters. The van der Waals surface area contributed by atoms with E-state index in [9.17, 15) is 4.79 Å². The van der Waals surface area contributed by atoms with Gasteiger partial charge in [-0.2, -0.15) is 0 Å². The molecule has 0 spiro atoms. The quantitative estimate of drug-likeness (QED) is 0.836. The molecular weight excluding hydrogens is 270 g/mol. The van der Waals surface area contributed by atoms with Crippen LogP contribution in [0.5, 0.6) is 5.75 Å². The number of hydrogen-bond acceptors (Lipinski definition) is 5. The van der Waals surface area contributed by atoms with Gasteiger partial charge in [0.1, 0.15) is 17.2 Å². The van der Waals surface area contributed by atoms with Crippen molar-refractivity contribution in [1.29, 1.82) is 0 Å². The van der Waals surface area contributed by atoms with E-state index in [1.807, 2.05) is 32.9 Å². The van der Waals surface area contributed by atoms with Crippen molar-refractivity contribution in [3.05, 3.63) is 18.3 Å². The van der Waals surface area contributed by atoms with E-state index in [1.165, 1.54) is 0 Å². The van der Waals surface area contributed by atoms with Gasteiger partial charge in [0.25, 0.3) is 0 Å². The summed E-state index contributed by atoms with van der Waals surface area (Å²) in [5.41, 5.74) is -0.456. The minimum atomic E-state index is -0.456. The summed E-state index contributed by atoms with van der Waals surface area (Å²) in [6.07, 6.45) is 1.48. The van der Waals surface area contributed by atoms with Gasteiger partial charge in [0.15, 0.2) is 0 Å². The number of methoxy groups -OCH3 is 1. The lowest BCUT2D eigenvalue weighted by Gasteiger charge is -2.36. The van der Waals surface area contributed by atoms with Crippen LogP contribution in [-0.2, 0) is 4.74 Å². The molecule has 0 aromatic carbocycles. The van der Waals surface area contributed by atoms with E-state index >= 15 is 0 Å². The van der Waals surface area contributed by atoms with Gasteiger partial charge in [-0.05, 0) is 26.8 Å². The van der Waals surface area contributed by atoms with Gasteiger partial charge in [-0.25, -0.2) is 9.78 Å². The number of rotatable bonds is 2. The number of nitrogens with zero attached hydrogens (tertiary/aromatic N) is 3. The highest BCUT2D eigenvalue weighted by molar-refractivity contribution is 5.68. The molecule has 2 heterocycles. The third-order valence-electron chi connectivity index (χ3n) is 3.21. The molecule has 0 saturated carbocycles. The number of carbonyl (C=O) groups is 1. The third-order valence-corrected chi connectivity index (χ3v) is 3.21. The Kier molecular flexibility index (Phi) is 4.55. The molecule has 0 bridgehead atoms. The molecule has 6 heteroatoms. The first kappa shape index (κ1) is 15.4. The van der Waals surface area contributed by atoms with Crippen LogP contribution < -0.4 is 9.64 Å². The smallest absolute Gasteiger partial charge is 0.410 e. The number of ether oxygens (including phenoxy) is 2. The SMILES string of the molecule is COc1ccnc(N2CCN(C(=O)OC(C)(C)C)CC2)c1. The summed E-state index contributed by atoms with van der Waals surface area (Å²) in [4.78, 5) is 20.2. The Morgan fingerprint density at radius 2 is 1.90 bits per heavy atom. The Bertz CT molecular complexity index is 491. The molecular formula is C15H23N3O3. The molecule has 1 aromatic rings. The van der Waals surface area contributed by atoms with Crippen LogP contribution in [0.3, 0.4) is 0 Å². The molecule has 2 rings (SSSR count). The minimum absolute atomic E-state index is 0.249. The second-order valence-electron chi connectivity index (χ2n) is 6.01. The van der Waals surface area contributed by atoms with Crippen molar-refractivity contribution in [2.45, 2.75) is 26.4 Å². The first-order chi connectivity index (χ1) is 9.89. The van der Waals surface area contributed by atoms with Gasteiger partial charge in [-0.15, -0.1) is 0 Å². The lowest BCUT2D eigenvalue weighted by Crippen LogP contribution is -2.50. The first-order valence-electron chi connectivity index (χ1n) is 7.12. The highest BCUT2D eigenvalue weighted by Crippen LogP contribution is 2.20. The van der Waals surface area contributed by atoms with Crippen LogP contribution in [0.25, 0.3) is 0 Å². The van der Waals surface area contributed by atoms with E-state index < -0.39 is 5.60 Å². The second kappa shape index (κ2) is 6.20. The molecule has 0 N–H and O–H groups in total.